The Balaban J connectivity index is 1.73. The maximum atomic E-state index is 10.7. The van der Waals surface area contributed by atoms with E-state index >= 15 is 0 Å². The van der Waals surface area contributed by atoms with Gasteiger partial charge in [0.25, 0.3) is 5.69 Å². The van der Waals surface area contributed by atoms with Crippen molar-refractivity contribution in [3.05, 3.63) is 40.3 Å². The highest BCUT2D eigenvalue weighted by Gasteiger charge is 2.26. The van der Waals surface area contributed by atoms with Crippen LogP contribution in [0.1, 0.15) is 31.7 Å². The zero-order valence-corrected chi connectivity index (χ0v) is 12.8. The Labute approximate surface area is 132 Å². The number of hydrogen-bond acceptors (Lipinski definition) is 7. The minimum atomic E-state index is -0.449. The molecule has 23 heavy (non-hydrogen) atoms. The number of non-ortho nitro benzene ring substituents is 1. The Morgan fingerprint density at radius 2 is 1.96 bits per heavy atom. The summed E-state index contributed by atoms with van der Waals surface area (Å²) in [5, 5.41) is 28.4. The van der Waals surface area contributed by atoms with Crippen molar-refractivity contribution in [2.75, 3.05) is 13.1 Å². The zero-order valence-electron chi connectivity index (χ0n) is 12.8. The first-order valence-corrected chi connectivity index (χ1v) is 7.55. The molecule has 1 aromatic carbocycles. The van der Waals surface area contributed by atoms with Crippen LogP contribution in [0.5, 0.6) is 0 Å². The third-order valence-corrected chi connectivity index (χ3v) is 4.17. The van der Waals surface area contributed by atoms with E-state index in [9.17, 15) is 15.2 Å². The maximum absolute atomic E-state index is 10.7. The third kappa shape index (κ3) is 3.38. The molecule has 1 N–H and O–H groups in total. The zero-order chi connectivity index (χ0) is 16.4. The van der Waals surface area contributed by atoms with Crippen LogP contribution >= 0.6 is 0 Å². The average Bonchev–Trinajstić information content (AvgIpc) is 3.05. The van der Waals surface area contributed by atoms with Crippen LogP contribution in [-0.2, 0) is 0 Å². The van der Waals surface area contributed by atoms with Crippen molar-refractivity contribution in [3.63, 3.8) is 0 Å². The predicted octanol–water partition coefficient (Wildman–Crippen LogP) is 2.16. The summed E-state index contributed by atoms with van der Waals surface area (Å²) in [6, 6.07) is 5.99. The molecule has 0 amide bonds. The van der Waals surface area contributed by atoms with Gasteiger partial charge in [-0.15, -0.1) is 10.2 Å². The minimum Gasteiger partial charge on any atom is -0.419 e. The van der Waals surface area contributed by atoms with Gasteiger partial charge in [0.2, 0.25) is 11.8 Å². The number of aliphatic hydroxyl groups excluding tert-OH is 1. The number of nitro groups is 1. The predicted molar refractivity (Wildman–Crippen MR) is 81.6 cm³/mol. The summed E-state index contributed by atoms with van der Waals surface area (Å²) in [6.45, 7) is 3.57. The first kappa shape index (κ1) is 15.6. The normalized spacial score (nSPS) is 18.0. The highest BCUT2D eigenvalue weighted by atomic mass is 16.6. The van der Waals surface area contributed by atoms with Gasteiger partial charge in [-0.2, -0.15) is 0 Å². The Bertz CT molecular complexity index is 677. The fraction of sp³-hybridized carbons (Fsp3) is 0.467. The lowest BCUT2D eigenvalue weighted by molar-refractivity contribution is -0.384. The van der Waals surface area contributed by atoms with Crippen molar-refractivity contribution in [2.24, 2.45) is 0 Å². The van der Waals surface area contributed by atoms with Gasteiger partial charge in [0.1, 0.15) is 0 Å². The number of hydrogen-bond donors (Lipinski definition) is 1. The Morgan fingerprint density at radius 3 is 2.57 bits per heavy atom. The Morgan fingerprint density at radius 1 is 1.30 bits per heavy atom. The van der Waals surface area contributed by atoms with Gasteiger partial charge < -0.3 is 9.52 Å². The van der Waals surface area contributed by atoms with E-state index in [4.69, 9.17) is 4.42 Å². The minimum absolute atomic E-state index is 0.0220. The summed E-state index contributed by atoms with van der Waals surface area (Å²) in [5.41, 5.74) is 0.671. The fourth-order valence-electron chi connectivity index (χ4n) is 2.68. The number of aromatic nitrogens is 2. The molecule has 0 aliphatic carbocycles. The first-order chi connectivity index (χ1) is 11.0. The molecule has 0 spiro atoms. The van der Waals surface area contributed by atoms with Gasteiger partial charge in [0.05, 0.1) is 17.1 Å². The number of benzene rings is 1. The first-order valence-electron chi connectivity index (χ1n) is 7.55. The van der Waals surface area contributed by atoms with E-state index in [0.29, 0.717) is 17.3 Å². The highest BCUT2D eigenvalue weighted by Crippen LogP contribution is 2.27. The topological polar surface area (TPSA) is 106 Å². The summed E-state index contributed by atoms with van der Waals surface area (Å²) < 4.78 is 5.72. The molecule has 0 saturated carbocycles. The second-order valence-corrected chi connectivity index (χ2v) is 5.69. The molecule has 3 rings (SSSR count). The van der Waals surface area contributed by atoms with Gasteiger partial charge in [0, 0.05) is 30.8 Å². The molecule has 1 aromatic heterocycles. The lowest BCUT2D eigenvalue weighted by Crippen LogP contribution is -2.37. The van der Waals surface area contributed by atoms with Crippen molar-refractivity contribution >= 4 is 5.69 Å². The van der Waals surface area contributed by atoms with E-state index < -0.39 is 4.92 Å². The summed E-state index contributed by atoms with van der Waals surface area (Å²) in [4.78, 5) is 12.4. The van der Waals surface area contributed by atoms with E-state index in [1.807, 2.05) is 6.92 Å². The number of nitro benzene ring substituents is 1. The molecule has 0 radical (unpaired) electrons. The maximum Gasteiger partial charge on any atom is 0.269 e. The van der Waals surface area contributed by atoms with Gasteiger partial charge in [-0.3, -0.25) is 15.0 Å². The molecule has 1 unspecified atom stereocenters. The molecule has 8 heteroatoms. The SMILES string of the molecule is CC(c1nnc(-c2ccc([N+](=O)[O-])cc2)o1)N1CCC(O)CC1. The molecule has 1 saturated heterocycles. The molecular weight excluding hydrogens is 300 g/mol. The number of likely N-dealkylation sites (tertiary alicyclic amines) is 1. The standard InChI is InChI=1S/C15H18N4O4/c1-10(18-8-6-13(20)7-9-18)14-16-17-15(23-14)11-2-4-12(5-3-11)19(21)22/h2-5,10,13,20H,6-9H2,1H3. The van der Waals surface area contributed by atoms with Crippen LogP contribution < -0.4 is 0 Å². The summed E-state index contributed by atoms with van der Waals surface area (Å²) in [6.07, 6.45) is 1.26. The Hall–Kier alpha value is -2.32. The third-order valence-electron chi connectivity index (χ3n) is 4.17. The summed E-state index contributed by atoms with van der Waals surface area (Å²) in [5.74, 6) is 0.855. The number of piperidine rings is 1. The van der Waals surface area contributed by atoms with Crippen LogP contribution in [0.25, 0.3) is 11.5 Å². The number of nitrogens with zero attached hydrogens (tertiary/aromatic N) is 4. The fourth-order valence-corrected chi connectivity index (χ4v) is 2.68. The van der Waals surface area contributed by atoms with Crippen LogP contribution in [0.15, 0.2) is 28.7 Å². The molecule has 0 bridgehead atoms. The molecule has 122 valence electrons. The lowest BCUT2D eigenvalue weighted by Gasteiger charge is -2.32. The van der Waals surface area contributed by atoms with E-state index in [1.165, 1.54) is 12.1 Å². The summed E-state index contributed by atoms with van der Waals surface area (Å²) >= 11 is 0. The van der Waals surface area contributed by atoms with Crippen LogP contribution in [0.2, 0.25) is 0 Å². The largest absolute Gasteiger partial charge is 0.419 e. The van der Waals surface area contributed by atoms with E-state index in [2.05, 4.69) is 15.1 Å². The van der Waals surface area contributed by atoms with Crippen molar-refractivity contribution in [1.29, 1.82) is 0 Å². The second kappa shape index (κ2) is 6.43. The van der Waals surface area contributed by atoms with E-state index in [-0.39, 0.29) is 17.8 Å². The molecule has 2 heterocycles. The quantitative estimate of drug-likeness (QED) is 0.680. The highest BCUT2D eigenvalue weighted by molar-refractivity contribution is 5.55. The van der Waals surface area contributed by atoms with Gasteiger partial charge >= 0.3 is 0 Å². The number of aliphatic hydroxyl groups is 1. The molecule has 1 aliphatic heterocycles. The van der Waals surface area contributed by atoms with E-state index in [0.717, 1.165) is 25.9 Å². The van der Waals surface area contributed by atoms with Crippen molar-refractivity contribution in [2.45, 2.75) is 31.9 Å². The second-order valence-electron chi connectivity index (χ2n) is 5.69. The van der Waals surface area contributed by atoms with Crippen molar-refractivity contribution in [3.8, 4) is 11.5 Å². The monoisotopic (exact) mass is 318 g/mol. The van der Waals surface area contributed by atoms with Crippen LogP contribution in [0.4, 0.5) is 5.69 Å². The lowest BCUT2D eigenvalue weighted by atomic mass is 10.1. The van der Waals surface area contributed by atoms with Crippen molar-refractivity contribution in [1.82, 2.24) is 15.1 Å². The molecule has 1 atom stereocenters. The Kier molecular flexibility index (Phi) is 4.35. The molecule has 2 aromatic rings. The van der Waals surface area contributed by atoms with Crippen LogP contribution in [-0.4, -0.2) is 44.3 Å². The van der Waals surface area contributed by atoms with Crippen molar-refractivity contribution < 1.29 is 14.4 Å². The van der Waals surface area contributed by atoms with Crippen LogP contribution in [0, 0.1) is 10.1 Å². The molecule has 1 aliphatic rings. The molecule has 1 fully saturated rings. The van der Waals surface area contributed by atoms with Gasteiger partial charge in [-0.25, -0.2) is 0 Å². The molecular formula is C15H18N4O4. The smallest absolute Gasteiger partial charge is 0.269 e. The van der Waals surface area contributed by atoms with Gasteiger partial charge in [-0.05, 0) is 31.9 Å². The van der Waals surface area contributed by atoms with E-state index in [1.54, 1.807) is 12.1 Å². The van der Waals surface area contributed by atoms with Gasteiger partial charge in [-0.1, -0.05) is 0 Å². The summed E-state index contributed by atoms with van der Waals surface area (Å²) in [7, 11) is 0. The van der Waals surface area contributed by atoms with Gasteiger partial charge in [0.15, 0.2) is 0 Å². The average molecular weight is 318 g/mol. The van der Waals surface area contributed by atoms with Crippen LogP contribution in [0.3, 0.4) is 0 Å². The number of rotatable bonds is 4. The molecule has 8 nitrogen and oxygen atoms in total.